The first-order valence-electron chi connectivity index (χ1n) is 9.25. The van der Waals surface area contributed by atoms with Gasteiger partial charge in [-0.1, -0.05) is 30.1 Å². The van der Waals surface area contributed by atoms with Crippen molar-refractivity contribution < 1.29 is 18.8 Å². The predicted molar refractivity (Wildman–Crippen MR) is 95.9 cm³/mol. The number of hydrogen-bond donors (Lipinski definition) is 0. The van der Waals surface area contributed by atoms with Crippen LogP contribution in [0.3, 0.4) is 0 Å². The van der Waals surface area contributed by atoms with Crippen LogP contribution in [-0.2, 0) is 16.0 Å². The third-order valence-electron chi connectivity index (χ3n) is 5.30. The van der Waals surface area contributed by atoms with E-state index in [0.29, 0.717) is 24.6 Å². The number of carbonyl (C=O) groups is 1. The highest BCUT2D eigenvalue weighted by atomic mass is 16.5. The minimum absolute atomic E-state index is 0.107. The number of amides is 1. The van der Waals surface area contributed by atoms with E-state index < -0.39 is 0 Å². The number of benzene rings is 1. The largest absolute Gasteiger partial charge is 0.497 e. The van der Waals surface area contributed by atoms with Crippen LogP contribution in [0.5, 0.6) is 5.75 Å². The molecular formula is C20H24N2O4. The molecule has 2 fully saturated rings. The van der Waals surface area contributed by atoms with E-state index in [1.165, 1.54) is 6.42 Å². The van der Waals surface area contributed by atoms with E-state index in [4.69, 9.17) is 14.0 Å². The minimum atomic E-state index is 0.107. The quantitative estimate of drug-likeness (QED) is 0.842. The third kappa shape index (κ3) is 3.46. The highest BCUT2D eigenvalue weighted by molar-refractivity contribution is 5.79. The molecule has 26 heavy (non-hydrogen) atoms. The number of ether oxygens (including phenoxy) is 2. The molecule has 6 heteroatoms. The number of methoxy groups -OCH3 is 1. The second-order valence-corrected chi connectivity index (χ2v) is 6.94. The molecule has 2 aromatic rings. The average Bonchev–Trinajstić information content (AvgIpc) is 3.16. The zero-order chi connectivity index (χ0) is 17.9. The van der Waals surface area contributed by atoms with Crippen LogP contribution in [0.25, 0.3) is 11.3 Å². The molecule has 0 N–H and O–H groups in total. The summed E-state index contributed by atoms with van der Waals surface area (Å²) in [5.41, 5.74) is 1.54. The Kier molecular flexibility index (Phi) is 4.93. The smallest absolute Gasteiger partial charge is 0.229 e. The Morgan fingerprint density at radius 1 is 1.31 bits per heavy atom. The van der Waals surface area contributed by atoms with E-state index in [9.17, 15) is 4.79 Å². The van der Waals surface area contributed by atoms with E-state index >= 15 is 0 Å². The molecule has 0 bridgehead atoms. The second-order valence-electron chi connectivity index (χ2n) is 6.94. The lowest BCUT2D eigenvalue weighted by atomic mass is 9.90. The Morgan fingerprint density at radius 2 is 2.19 bits per heavy atom. The van der Waals surface area contributed by atoms with Gasteiger partial charge in [0.25, 0.3) is 0 Å². The van der Waals surface area contributed by atoms with Crippen LogP contribution < -0.4 is 4.74 Å². The fraction of sp³-hybridized carbons (Fsp3) is 0.500. The summed E-state index contributed by atoms with van der Waals surface area (Å²) in [4.78, 5) is 14.8. The predicted octanol–water partition coefficient (Wildman–Crippen LogP) is 3.06. The standard InChI is InChI=1S/C20H24N2O4/c1-24-16-6-4-5-14(11-16)19-12-15(21-26-19)13-20(23)22-9-10-25-18-8-3-2-7-17(18)22/h4-6,11-12,17-18H,2-3,7-10,13H2,1H3. The van der Waals surface area contributed by atoms with Gasteiger partial charge in [0, 0.05) is 18.2 Å². The highest BCUT2D eigenvalue weighted by Gasteiger charge is 2.36. The van der Waals surface area contributed by atoms with E-state index in [2.05, 4.69) is 5.16 Å². The van der Waals surface area contributed by atoms with Crippen LogP contribution >= 0.6 is 0 Å². The van der Waals surface area contributed by atoms with Crippen molar-refractivity contribution in [1.29, 1.82) is 0 Å². The number of aromatic nitrogens is 1. The zero-order valence-electron chi connectivity index (χ0n) is 15.0. The van der Waals surface area contributed by atoms with Crippen molar-refractivity contribution in [2.75, 3.05) is 20.3 Å². The fourth-order valence-electron chi connectivity index (χ4n) is 3.97. The topological polar surface area (TPSA) is 64.8 Å². The van der Waals surface area contributed by atoms with Gasteiger partial charge in [0.1, 0.15) is 5.75 Å². The van der Waals surface area contributed by atoms with E-state index in [1.54, 1.807) is 7.11 Å². The van der Waals surface area contributed by atoms with Crippen LogP contribution in [0.2, 0.25) is 0 Å². The molecular weight excluding hydrogens is 332 g/mol. The van der Waals surface area contributed by atoms with Crippen LogP contribution in [0.1, 0.15) is 31.4 Å². The maximum Gasteiger partial charge on any atom is 0.229 e. The molecule has 1 aliphatic carbocycles. The first-order chi connectivity index (χ1) is 12.7. The van der Waals surface area contributed by atoms with Gasteiger partial charge in [-0.15, -0.1) is 0 Å². The third-order valence-corrected chi connectivity index (χ3v) is 5.30. The normalized spacial score (nSPS) is 22.7. The van der Waals surface area contributed by atoms with Gasteiger partial charge in [-0.05, 0) is 25.0 Å². The molecule has 6 nitrogen and oxygen atoms in total. The lowest BCUT2D eigenvalue weighted by Crippen LogP contribution is -2.55. The molecule has 138 valence electrons. The van der Waals surface area contributed by atoms with Crippen LogP contribution in [0.4, 0.5) is 0 Å². The molecule has 2 atom stereocenters. The molecule has 0 radical (unpaired) electrons. The van der Waals surface area contributed by atoms with E-state index in [1.807, 2.05) is 35.2 Å². The summed E-state index contributed by atoms with van der Waals surface area (Å²) < 4.78 is 16.5. The monoisotopic (exact) mass is 356 g/mol. The van der Waals surface area contributed by atoms with E-state index in [0.717, 1.165) is 30.6 Å². The van der Waals surface area contributed by atoms with Crippen molar-refractivity contribution in [1.82, 2.24) is 10.1 Å². The van der Waals surface area contributed by atoms with Crippen molar-refractivity contribution in [2.24, 2.45) is 0 Å². The number of hydrogen-bond acceptors (Lipinski definition) is 5. The SMILES string of the molecule is COc1cccc(-c2cc(CC(=O)N3CCOC4CCCCC43)no2)c1. The molecule has 1 aromatic carbocycles. The van der Waals surface area contributed by atoms with Crippen molar-refractivity contribution >= 4 is 5.91 Å². The number of morpholine rings is 1. The maximum absolute atomic E-state index is 12.8. The van der Waals surface area contributed by atoms with Gasteiger partial charge in [-0.3, -0.25) is 4.79 Å². The molecule has 1 aromatic heterocycles. The van der Waals surface area contributed by atoms with Gasteiger partial charge in [-0.2, -0.15) is 0 Å². The first-order valence-corrected chi connectivity index (χ1v) is 9.25. The van der Waals surface area contributed by atoms with Gasteiger partial charge in [0.2, 0.25) is 5.91 Å². The summed E-state index contributed by atoms with van der Waals surface area (Å²) in [6.45, 7) is 1.29. The Hall–Kier alpha value is -2.34. The minimum Gasteiger partial charge on any atom is -0.497 e. The number of fused-ring (bicyclic) bond motifs is 1. The van der Waals surface area contributed by atoms with Gasteiger partial charge in [-0.25, -0.2) is 0 Å². The van der Waals surface area contributed by atoms with Gasteiger partial charge < -0.3 is 18.9 Å². The molecule has 2 heterocycles. The summed E-state index contributed by atoms with van der Waals surface area (Å²) in [6.07, 6.45) is 4.90. The summed E-state index contributed by atoms with van der Waals surface area (Å²) in [7, 11) is 1.63. The molecule has 1 saturated heterocycles. The summed E-state index contributed by atoms with van der Waals surface area (Å²) >= 11 is 0. The summed E-state index contributed by atoms with van der Waals surface area (Å²) in [6, 6.07) is 9.66. The number of nitrogens with zero attached hydrogens (tertiary/aromatic N) is 2. The Morgan fingerprint density at radius 3 is 3.08 bits per heavy atom. The highest BCUT2D eigenvalue weighted by Crippen LogP contribution is 2.29. The average molecular weight is 356 g/mol. The zero-order valence-corrected chi connectivity index (χ0v) is 15.0. The first kappa shape index (κ1) is 17.1. The van der Waals surface area contributed by atoms with Crippen molar-refractivity contribution in [3.63, 3.8) is 0 Å². The van der Waals surface area contributed by atoms with Crippen molar-refractivity contribution in [3.05, 3.63) is 36.0 Å². The summed E-state index contributed by atoms with van der Waals surface area (Å²) in [5, 5.41) is 4.09. The Bertz CT molecular complexity index is 771. The molecule has 2 aliphatic rings. The van der Waals surface area contributed by atoms with Crippen LogP contribution in [0.15, 0.2) is 34.9 Å². The van der Waals surface area contributed by atoms with E-state index in [-0.39, 0.29) is 24.5 Å². The van der Waals surface area contributed by atoms with Crippen LogP contribution in [0, 0.1) is 0 Å². The lowest BCUT2D eigenvalue weighted by Gasteiger charge is -2.43. The van der Waals surface area contributed by atoms with Crippen molar-refractivity contribution in [2.45, 2.75) is 44.2 Å². The van der Waals surface area contributed by atoms with Gasteiger partial charge >= 0.3 is 0 Å². The maximum atomic E-state index is 12.8. The summed E-state index contributed by atoms with van der Waals surface area (Å²) in [5.74, 6) is 1.51. The number of rotatable bonds is 4. The fourth-order valence-corrected chi connectivity index (χ4v) is 3.97. The Balaban J connectivity index is 1.45. The lowest BCUT2D eigenvalue weighted by molar-refractivity contribution is -0.148. The molecule has 1 amide bonds. The molecule has 1 aliphatic heterocycles. The Labute approximate surface area is 153 Å². The second kappa shape index (κ2) is 7.50. The van der Waals surface area contributed by atoms with Gasteiger partial charge in [0.05, 0.1) is 38.0 Å². The van der Waals surface area contributed by atoms with Crippen molar-refractivity contribution in [3.8, 4) is 17.1 Å². The van der Waals surface area contributed by atoms with Gasteiger partial charge in [0.15, 0.2) is 5.76 Å². The number of carbonyl (C=O) groups excluding carboxylic acids is 1. The van der Waals surface area contributed by atoms with Crippen LogP contribution in [-0.4, -0.2) is 48.4 Å². The molecule has 2 unspecified atom stereocenters. The molecule has 4 rings (SSSR count). The molecule has 1 saturated carbocycles. The molecule has 0 spiro atoms.